The summed E-state index contributed by atoms with van der Waals surface area (Å²) in [6.45, 7) is 9.42. The van der Waals surface area contributed by atoms with Crippen LogP contribution in [0, 0.1) is 6.92 Å². The highest BCUT2D eigenvalue weighted by Crippen LogP contribution is 2.17. The van der Waals surface area contributed by atoms with E-state index in [1.54, 1.807) is 11.9 Å². The van der Waals surface area contributed by atoms with Crippen molar-refractivity contribution in [3.8, 4) is 0 Å². The Morgan fingerprint density at radius 1 is 1.33 bits per heavy atom. The molecule has 2 heteroatoms. The molecule has 1 rings (SSSR count). The lowest BCUT2D eigenvalue weighted by atomic mass is 10.2. The molecule has 0 aromatic heterocycles. The second-order valence-corrected chi connectivity index (χ2v) is 2.89. The summed E-state index contributed by atoms with van der Waals surface area (Å²) in [5, 5.41) is 0. The smallest absolute Gasteiger partial charge is 0.250 e. The summed E-state index contributed by atoms with van der Waals surface area (Å²) in [4.78, 5) is 12.9. The summed E-state index contributed by atoms with van der Waals surface area (Å²) in [5.74, 6) is -0.0886. The van der Waals surface area contributed by atoms with Gasteiger partial charge in [-0.2, -0.15) is 0 Å². The van der Waals surface area contributed by atoms with E-state index >= 15 is 0 Å². The quantitative estimate of drug-likeness (QED) is 0.679. The van der Waals surface area contributed by atoms with Gasteiger partial charge in [-0.05, 0) is 24.6 Å². The van der Waals surface area contributed by atoms with E-state index in [4.69, 9.17) is 0 Å². The Morgan fingerprint density at radius 2 is 1.87 bits per heavy atom. The van der Waals surface area contributed by atoms with Gasteiger partial charge in [-0.1, -0.05) is 38.6 Å². The first-order valence-electron chi connectivity index (χ1n) is 5.12. The third kappa shape index (κ3) is 3.58. The van der Waals surface area contributed by atoms with Gasteiger partial charge in [0.15, 0.2) is 0 Å². The number of amides is 1. The lowest BCUT2D eigenvalue weighted by Crippen LogP contribution is -2.24. The number of para-hydroxylation sites is 1. The van der Waals surface area contributed by atoms with Crippen molar-refractivity contribution >= 4 is 11.6 Å². The zero-order valence-corrected chi connectivity index (χ0v) is 9.95. The van der Waals surface area contributed by atoms with Crippen LogP contribution in [0.1, 0.15) is 19.4 Å². The van der Waals surface area contributed by atoms with Gasteiger partial charge in [0.2, 0.25) is 5.91 Å². The van der Waals surface area contributed by atoms with Crippen molar-refractivity contribution in [3.05, 3.63) is 42.5 Å². The van der Waals surface area contributed by atoms with Crippen LogP contribution in [0.2, 0.25) is 0 Å². The van der Waals surface area contributed by atoms with E-state index in [2.05, 4.69) is 6.58 Å². The molecule has 0 saturated heterocycles. The monoisotopic (exact) mass is 205 g/mol. The van der Waals surface area contributed by atoms with Crippen molar-refractivity contribution in [1.29, 1.82) is 0 Å². The maximum atomic E-state index is 11.3. The van der Waals surface area contributed by atoms with Crippen molar-refractivity contribution in [2.75, 3.05) is 11.9 Å². The van der Waals surface area contributed by atoms with Gasteiger partial charge in [0.1, 0.15) is 0 Å². The molecular weight excluding hydrogens is 186 g/mol. The number of hydrogen-bond acceptors (Lipinski definition) is 1. The molecular formula is C13H19NO. The summed E-state index contributed by atoms with van der Waals surface area (Å²) < 4.78 is 0. The summed E-state index contributed by atoms with van der Waals surface area (Å²) in [6, 6.07) is 7.75. The van der Waals surface area contributed by atoms with Gasteiger partial charge in [0, 0.05) is 12.7 Å². The average Bonchev–Trinajstić information content (AvgIpc) is 2.30. The van der Waals surface area contributed by atoms with Crippen molar-refractivity contribution in [1.82, 2.24) is 0 Å². The van der Waals surface area contributed by atoms with Crippen LogP contribution in [-0.2, 0) is 4.79 Å². The Hall–Kier alpha value is -1.57. The molecule has 0 aliphatic heterocycles. The molecule has 1 aromatic carbocycles. The molecule has 2 nitrogen and oxygen atoms in total. The highest BCUT2D eigenvalue weighted by Gasteiger charge is 2.07. The number of rotatable bonds is 2. The Balaban J connectivity index is 0.000000921. The molecule has 0 bridgehead atoms. The lowest BCUT2D eigenvalue weighted by molar-refractivity contribution is -0.113. The minimum absolute atomic E-state index is 0.0886. The first-order valence-corrected chi connectivity index (χ1v) is 5.12. The standard InChI is InChI=1S/C11H13NO.C2H6/c1-4-11(13)12(3)10-8-6-5-7-9(10)2;1-2/h4-8H,1H2,2-3H3;1-2H3. The molecule has 0 N–H and O–H groups in total. The fraction of sp³-hybridized carbons (Fsp3) is 0.308. The molecule has 0 aliphatic rings. The van der Waals surface area contributed by atoms with Gasteiger partial charge < -0.3 is 4.90 Å². The van der Waals surface area contributed by atoms with Gasteiger partial charge in [0.05, 0.1) is 0 Å². The summed E-state index contributed by atoms with van der Waals surface area (Å²) >= 11 is 0. The number of anilines is 1. The van der Waals surface area contributed by atoms with Crippen LogP contribution in [0.4, 0.5) is 5.69 Å². The molecule has 0 radical (unpaired) electrons. The molecule has 0 unspecified atom stereocenters. The SMILES string of the molecule is C=CC(=O)N(C)c1ccccc1C.CC. The van der Waals surface area contributed by atoms with Gasteiger partial charge in [-0.15, -0.1) is 0 Å². The number of aryl methyl sites for hydroxylation is 1. The largest absolute Gasteiger partial charge is 0.312 e. The Bertz CT molecular complexity index is 331. The summed E-state index contributed by atoms with van der Waals surface area (Å²) in [7, 11) is 1.74. The Morgan fingerprint density at radius 3 is 2.33 bits per heavy atom. The Labute approximate surface area is 92.2 Å². The zero-order valence-electron chi connectivity index (χ0n) is 9.95. The second-order valence-electron chi connectivity index (χ2n) is 2.89. The van der Waals surface area contributed by atoms with E-state index < -0.39 is 0 Å². The topological polar surface area (TPSA) is 20.3 Å². The van der Waals surface area contributed by atoms with Crippen molar-refractivity contribution in [2.45, 2.75) is 20.8 Å². The van der Waals surface area contributed by atoms with Gasteiger partial charge in [0.25, 0.3) is 0 Å². The normalized spacial score (nSPS) is 8.53. The van der Waals surface area contributed by atoms with Crippen molar-refractivity contribution in [2.24, 2.45) is 0 Å². The van der Waals surface area contributed by atoms with Crippen LogP contribution in [0.5, 0.6) is 0 Å². The van der Waals surface area contributed by atoms with E-state index in [0.717, 1.165) is 11.3 Å². The predicted molar refractivity (Wildman–Crippen MR) is 66.1 cm³/mol. The number of carbonyl (C=O) groups is 1. The number of carbonyl (C=O) groups excluding carboxylic acids is 1. The molecule has 1 amide bonds. The molecule has 0 atom stereocenters. The van der Waals surface area contributed by atoms with Crippen molar-refractivity contribution in [3.63, 3.8) is 0 Å². The molecule has 0 heterocycles. The summed E-state index contributed by atoms with van der Waals surface area (Å²) in [6.07, 6.45) is 1.31. The van der Waals surface area contributed by atoms with E-state index in [1.807, 2.05) is 45.0 Å². The minimum atomic E-state index is -0.0886. The van der Waals surface area contributed by atoms with Gasteiger partial charge >= 0.3 is 0 Å². The van der Waals surface area contributed by atoms with E-state index in [-0.39, 0.29) is 5.91 Å². The maximum absolute atomic E-state index is 11.3. The Kier molecular flexibility index (Phi) is 6.11. The zero-order chi connectivity index (χ0) is 11.8. The molecule has 0 fully saturated rings. The fourth-order valence-electron chi connectivity index (χ4n) is 1.20. The molecule has 0 saturated carbocycles. The molecule has 1 aromatic rings. The van der Waals surface area contributed by atoms with Crippen LogP contribution in [0.25, 0.3) is 0 Å². The molecule has 82 valence electrons. The second kappa shape index (κ2) is 6.82. The van der Waals surface area contributed by atoms with Crippen LogP contribution >= 0.6 is 0 Å². The van der Waals surface area contributed by atoms with Crippen LogP contribution in [0.3, 0.4) is 0 Å². The fourth-order valence-corrected chi connectivity index (χ4v) is 1.20. The number of hydrogen-bond donors (Lipinski definition) is 0. The van der Waals surface area contributed by atoms with E-state index in [0.29, 0.717) is 0 Å². The van der Waals surface area contributed by atoms with Gasteiger partial charge in [-0.3, -0.25) is 4.79 Å². The molecule has 15 heavy (non-hydrogen) atoms. The molecule has 0 spiro atoms. The predicted octanol–water partition coefficient (Wildman–Crippen LogP) is 3.17. The third-order valence-electron chi connectivity index (χ3n) is 1.98. The lowest BCUT2D eigenvalue weighted by Gasteiger charge is -2.17. The van der Waals surface area contributed by atoms with Crippen LogP contribution in [0.15, 0.2) is 36.9 Å². The summed E-state index contributed by atoms with van der Waals surface area (Å²) in [5.41, 5.74) is 2.01. The van der Waals surface area contributed by atoms with E-state index in [1.165, 1.54) is 6.08 Å². The highest BCUT2D eigenvalue weighted by atomic mass is 16.2. The van der Waals surface area contributed by atoms with E-state index in [9.17, 15) is 4.79 Å². The number of likely N-dealkylation sites (N-methyl/N-ethyl adjacent to an activating group) is 1. The average molecular weight is 205 g/mol. The minimum Gasteiger partial charge on any atom is -0.312 e. The van der Waals surface area contributed by atoms with Crippen LogP contribution < -0.4 is 4.90 Å². The third-order valence-corrected chi connectivity index (χ3v) is 1.98. The highest BCUT2D eigenvalue weighted by molar-refractivity contribution is 6.01. The number of benzene rings is 1. The number of nitrogens with zero attached hydrogens (tertiary/aromatic N) is 1. The van der Waals surface area contributed by atoms with Crippen molar-refractivity contribution < 1.29 is 4.79 Å². The maximum Gasteiger partial charge on any atom is 0.250 e. The first kappa shape index (κ1) is 13.4. The van der Waals surface area contributed by atoms with Crippen LogP contribution in [-0.4, -0.2) is 13.0 Å². The van der Waals surface area contributed by atoms with Gasteiger partial charge in [-0.25, -0.2) is 0 Å². The first-order chi connectivity index (χ1) is 7.16. The molecule has 0 aliphatic carbocycles.